The molecule has 0 unspecified atom stereocenters. The highest BCUT2D eigenvalue weighted by Gasteiger charge is 2.16. The van der Waals surface area contributed by atoms with E-state index in [-0.39, 0.29) is 11.4 Å². The zero-order chi connectivity index (χ0) is 10.0. The number of pyridine rings is 1. The molecule has 1 aromatic rings. The quantitative estimate of drug-likeness (QED) is 0.522. The van der Waals surface area contributed by atoms with Gasteiger partial charge >= 0.3 is 0 Å². The van der Waals surface area contributed by atoms with Crippen molar-refractivity contribution in [2.75, 3.05) is 5.73 Å². The van der Waals surface area contributed by atoms with E-state index in [0.717, 1.165) is 0 Å². The Labute approximate surface area is 72.3 Å². The molecule has 0 atom stereocenters. The molecule has 0 aromatic carbocycles. The molecule has 0 aliphatic carbocycles. The zero-order valence-electron chi connectivity index (χ0n) is 6.38. The van der Waals surface area contributed by atoms with Crippen molar-refractivity contribution >= 4 is 18.1 Å². The molecule has 2 N–H and O–H groups in total. The number of aromatic nitrogens is 1. The average Bonchev–Trinajstić information content (AvgIpc) is 2.13. The van der Waals surface area contributed by atoms with Gasteiger partial charge in [0.25, 0.3) is 5.95 Å². The molecule has 0 aliphatic rings. The Kier molecular flexibility index (Phi) is 2.19. The third kappa shape index (κ3) is 1.31. The van der Waals surface area contributed by atoms with Crippen LogP contribution in [0, 0.1) is 23.1 Å². The number of hydrogen-bond acceptors (Lipinski definition) is 4. The van der Waals surface area contributed by atoms with Gasteiger partial charge in [-0.25, -0.2) is 4.98 Å². The first-order valence-electron chi connectivity index (χ1n) is 3.13. The Morgan fingerprint density at radius 2 is 2.15 bits per heavy atom. The molecule has 0 bridgehead atoms. The summed E-state index contributed by atoms with van der Waals surface area (Å²) in [5, 5.41) is 8.44. The first-order chi connectivity index (χ1) is 6.11. The lowest BCUT2D eigenvalue weighted by Gasteiger charge is -2.02. The summed E-state index contributed by atoms with van der Waals surface area (Å²) in [6.45, 7) is 3.06. The molecule has 0 radical (unpaired) electrons. The van der Waals surface area contributed by atoms with Crippen LogP contribution < -0.4 is 5.73 Å². The predicted octanol–water partition coefficient (Wildman–Crippen LogP) is 1.15. The molecule has 66 valence electrons. The second-order valence-corrected chi connectivity index (χ2v) is 2.10. The first kappa shape index (κ1) is 9.06. The van der Waals surface area contributed by atoms with E-state index < -0.39 is 17.5 Å². The lowest BCUT2D eigenvalue weighted by atomic mass is 10.2. The molecule has 1 heterocycles. The Morgan fingerprint density at radius 1 is 1.54 bits per heavy atom. The third-order valence-electron chi connectivity index (χ3n) is 1.37. The van der Waals surface area contributed by atoms with Gasteiger partial charge in [0.15, 0.2) is 5.69 Å². The van der Waals surface area contributed by atoms with Gasteiger partial charge in [-0.2, -0.15) is 14.0 Å². The van der Waals surface area contributed by atoms with E-state index in [4.69, 9.17) is 11.0 Å². The van der Waals surface area contributed by atoms with E-state index in [0.29, 0.717) is 0 Å². The summed E-state index contributed by atoms with van der Waals surface area (Å²) in [7, 11) is 0. The van der Waals surface area contributed by atoms with Gasteiger partial charge < -0.3 is 5.73 Å². The number of nitriles is 1. The predicted molar refractivity (Wildman–Crippen MR) is 42.5 cm³/mol. The largest absolute Gasteiger partial charge is 0.394 e. The second-order valence-electron chi connectivity index (χ2n) is 2.10. The first-order valence-corrected chi connectivity index (χ1v) is 3.13. The second kappa shape index (κ2) is 3.15. The summed E-state index contributed by atoms with van der Waals surface area (Å²) in [4.78, 5) is 6.28. The maximum atomic E-state index is 12.7. The van der Waals surface area contributed by atoms with Crippen molar-refractivity contribution in [3.8, 4) is 6.07 Å². The summed E-state index contributed by atoms with van der Waals surface area (Å²) >= 11 is 0. The highest BCUT2D eigenvalue weighted by molar-refractivity contribution is 5.70. The number of halogens is 2. The van der Waals surface area contributed by atoms with Crippen LogP contribution in [-0.4, -0.2) is 11.7 Å². The van der Waals surface area contributed by atoms with Crippen LogP contribution in [0.5, 0.6) is 0 Å². The number of nitrogens with two attached hydrogens (primary N) is 1. The number of hydrogen-bond donors (Lipinski definition) is 1. The van der Waals surface area contributed by atoms with Crippen LogP contribution in [0.2, 0.25) is 0 Å². The van der Waals surface area contributed by atoms with Crippen molar-refractivity contribution in [1.82, 2.24) is 4.98 Å². The van der Waals surface area contributed by atoms with E-state index in [1.807, 2.05) is 0 Å². The maximum Gasteiger partial charge on any atom is 0.252 e. The standard InChI is InChI=1S/C7H4F2N4/c1-12-6-3(2-10)13-7(9)4(8)5(6)11/h1H2,(H2,11,13). The molecule has 0 amide bonds. The number of nitrogen functional groups attached to an aromatic ring is 1. The van der Waals surface area contributed by atoms with E-state index in [2.05, 4.69) is 16.7 Å². The van der Waals surface area contributed by atoms with Gasteiger partial charge in [-0.1, -0.05) is 0 Å². The van der Waals surface area contributed by atoms with Crippen LogP contribution in [0.15, 0.2) is 4.99 Å². The molecule has 0 saturated carbocycles. The minimum absolute atomic E-state index is 0.235. The lowest BCUT2D eigenvalue weighted by molar-refractivity contribution is 0.482. The van der Waals surface area contributed by atoms with E-state index in [9.17, 15) is 8.78 Å². The van der Waals surface area contributed by atoms with Crippen molar-refractivity contribution in [2.45, 2.75) is 0 Å². The highest BCUT2D eigenvalue weighted by atomic mass is 19.2. The van der Waals surface area contributed by atoms with Gasteiger partial charge in [-0.3, -0.25) is 4.99 Å². The maximum absolute atomic E-state index is 12.7. The van der Waals surface area contributed by atoms with Gasteiger partial charge in [0.2, 0.25) is 5.82 Å². The topological polar surface area (TPSA) is 75.1 Å². The van der Waals surface area contributed by atoms with Gasteiger partial charge in [0.05, 0.1) is 0 Å². The minimum atomic E-state index is -1.42. The molecule has 6 heteroatoms. The molecule has 0 fully saturated rings. The van der Waals surface area contributed by atoms with Gasteiger partial charge in [-0.05, 0) is 6.72 Å². The summed E-state index contributed by atoms with van der Waals surface area (Å²) < 4.78 is 25.3. The van der Waals surface area contributed by atoms with E-state index in [1.54, 1.807) is 0 Å². The number of anilines is 1. The van der Waals surface area contributed by atoms with Crippen LogP contribution in [0.3, 0.4) is 0 Å². The van der Waals surface area contributed by atoms with Crippen molar-refractivity contribution in [3.05, 3.63) is 17.5 Å². The average molecular weight is 182 g/mol. The SMILES string of the molecule is C=Nc1c(C#N)nc(F)c(F)c1N. The van der Waals surface area contributed by atoms with Crippen LogP contribution in [0.4, 0.5) is 20.2 Å². The fourth-order valence-electron chi connectivity index (χ4n) is 0.781. The number of nitrogens with zero attached hydrogens (tertiary/aromatic N) is 3. The van der Waals surface area contributed by atoms with Gasteiger partial charge in [0.1, 0.15) is 17.4 Å². The summed E-state index contributed by atoms with van der Waals surface area (Å²) in [5.74, 6) is -2.73. The minimum Gasteiger partial charge on any atom is -0.394 e. The highest BCUT2D eigenvalue weighted by Crippen LogP contribution is 2.28. The van der Waals surface area contributed by atoms with Crippen molar-refractivity contribution < 1.29 is 8.78 Å². The molecule has 1 aromatic heterocycles. The third-order valence-corrected chi connectivity index (χ3v) is 1.37. The molecular weight excluding hydrogens is 178 g/mol. The van der Waals surface area contributed by atoms with Crippen LogP contribution >= 0.6 is 0 Å². The Hall–Kier alpha value is -2.03. The summed E-state index contributed by atoms with van der Waals surface area (Å²) in [6, 6.07) is 1.52. The number of aliphatic imine (C=N–C) groups is 1. The Morgan fingerprint density at radius 3 is 2.62 bits per heavy atom. The zero-order valence-corrected chi connectivity index (χ0v) is 6.38. The molecular formula is C7H4F2N4. The monoisotopic (exact) mass is 182 g/mol. The lowest BCUT2D eigenvalue weighted by Crippen LogP contribution is -2.01. The van der Waals surface area contributed by atoms with Crippen molar-refractivity contribution in [3.63, 3.8) is 0 Å². The molecule has 0 saturated heterocycles. The normalized spacial score (nSPS) is 9.31. The smallest absolute Gasteiger partial charge is 0.252 e. The van der Waals surface area contributed by atoms with Crippen molar-refractivity contribution in [2.24, 2.45) is 4.99 Å². The van der Waals surface area contributed by atoms with Gasteiger partial charge in [0, 0.05) is 0 Å². The molecule has 1 rings (SSSR count). The Bertz CT molecular complexity index is 408. The fraction of sp³-hybridized carbons (Fsp3) is 0. The van der Waals surface area contributed by atoms with Gasteiger partial charge in [-0.15, -0.1) is 0 Å². The van der Waals surface area contributed by atoms with E-state index in [1.165, 1.54) is 6.07 Å². The molecule has 4 nitrogen and oxygen atoms in total. The molecule has 0 aliphatic heterocycles. The number of rotatable bonds is 1. The molecule has 0 spiro atoms. The summed E-state index contributed by atoms with van der Waals surface area (Å²) in [6.07, 6.45) is 0. The van der Waals surface area contributed by atoms with Crippen molar-refractivity contribution in [1.29, 1.82) is 5.26 Å². The van der Waals surface area contributed by atoms with Crippen LogP contribution in [-0.2, 0) is 0 Å². The summed E-state index contributed by atoms with van der Waals surface area (Å²) in [5.41, 5.74) is 3.96. The van der Waals surface area contributed by atoms with E-state index >= 15 is 0 Å². The Balaban J connectivity index is 3.60. The molecule has 13 heavy (non-hydrogen) atoms. The van der Waals surface area contributed by atoms with Crippen LogP contribution in [0.25, 0.3) is 0 Å². The van der Waals surface area contributed by atoms with Crippen LogP contribution in [0.1, 0.15) is 5.69 Å². The fourth-order valence-corrected chi connectivity index (χ4v) is 0.781.